The Morgan fingerprint density at radius 3 is 2.65 bits per heavy atom. The quantitative estimate of drug-likeness (QED) is 0.844. The standard InChI is InChI=1S/C17H24N2O/c1-3-13(2)18-10-8-15(9-11-18)19-16-7-5-4-6-14(16)12-17(19)20/h4-7,13,15H,3,8-12H2,1-2H3. The SMILES string of the molecule is CCC(C)N1CCC(N2C(=O)Cc3ccccc32)CC1. The number of piperidine rings is 1. The Morgan fingerprint density at radius 2 is 1.95 bits per heavy atom. The smallest absolute Gasteiger partial charge is 0.231 e. The molecule has 0 aliphatic carbocycles. The van der Waals surface area contributed by atoms with Gasteiger partial charge in [-0.1, -0.05) is 25.1 Å². The van der Waals surface area contributed by atoms with Crippen molar-refractivity contribution in [2.45, 2.75) is 51.6 Å². The van der Waals surface area contributed by atoms with Crippen LogP contribution in [0.5, 0.6) is 0 Å². The summed E-state index contributed by atoms with van der Waals surface area (Å²) in [5, 5.41) is 0. The van der Waals surface area contributed by atoms with Gasteiger partial charge in [-0.05, 0) is 37.8 Å². The molecule has 20 heavy (non-hydrogen) atoms. The molecule has 0 aromatic heterocycles. The lowest BCUT2D eigenvalue weighted by atomic mass is 10.0. The zero-order chi connectivity index (χ0) is 14.1. The highest BCUT2D eigenvalue weighted by atomic mass is 16.2. The van der Waals surface area contributed by atoms with E-state index in [9.17, 15) is 4.79 Å². The van der Waals surface area contributed by atoms with Crippen molar-refractivity contribution >= 4 is 11.6 Å². The largest absolute Gasteiger partial charge is 0.309 e. The highest BCUT2D eigenvalue weighted by Crippen LogP contribution is 2.33. The van der Waals surface area contributed by atoms with Crippen LogP contribution in [0, 0.1) is 0 Å². The van der Waals surface area contributed by atoms with E-state index in [1.54, 1.807) is 0 Å². The molecule has 1 saturated heterocycles. The molecule has 0 radical (unpaired) electrons. The summed E-state index contributed by atoms with van der Waals surface area (Å²) in [5.74, 6) is 0.285. The average molecular weight is 272 g/mol. The Kier molecular flexibility index (Phi) is 3.79. The lowest BCUT2D eigenvalue weighted by molar-refractivity contribution is -0.118. The van der Waals surface area contributed by atoms with E-state index in [2.05, 4.69) is 35.8 Å². The zero-order valence-electron chi connectivity index (χ0n) is 12.5. The molecule has 1 amide bonds. The van der Waals surface area contributed by atoms with Crippen LogP contribution in [0.2, 0.25) is 0 Å². The fourth-order valence-corrected chi connectivity index (χ4v) is 3.52. The third-order valence-electron chi connectivity index (χ3n) is 4.94. The maximum absolute atomic E-state index is 12.3. The van der Waals surface area contributed by atoms with Gasteiger partial charge in [-0.2, -0.15) is 0 Å². The number of amides is 1. The van der Waals surface area contributed by atoms with Crippen molar-refractivity contribution < 1.29 is 4.79 Å². The molecular formula is C17H24N2O. The van der Waals surface area contributed by atoms with E-state index in [0.29, 0.717) is 18.5 Å². The van der Waals surface area contributed by atoms with Crippen molar-refractivity contribution in [2.75, 3.05) is 18.0 Å². The monoisotopic (exact) mass is 272 g/mol. The first kappa shape index (κ1) is 13.6. The molecule has 1 atom stereocenters. The van der Waals surface area contributed by atoms with E-state index in [4.69, 9.17) is 0 Å². The second-order valence-electron chi connectivity index (χ2n) is 6.09. The molecule has 2 heterocycles. The van der Waals surface area contributed by atoms with Crippen LogP contribution in [0.3, 0.4) is 0 Å². The molecule has 1 fully saturated rings. The van der Waals surface area contributed by atoms with E-state index < -0.39 is 0 Å². The van der Waals surface area contributed by atoms with E-state index in [-0.39, 0.29) is 5.91 Å². The minimum atomic E-state index is 0.285. The molecule has 1 unspecified atom stereocenters. The van der Waals surface area contributed by atoms with Gasteiger partial charge in [-0.15, -0.1) is 0 Å². The summed E-state index contributed by atoms with van der Waals surface area (Å²) < 4.78 is 0. The van der Waals surface area contributed by atoms with Crippen LogP contribution < -0.4 is 4.90 Å². The third-order valence-corrected chi connectivity index (χ3v) is 4.94. The number of benzene rings is 1. The number of carbonyl (C=O) groups is 1. The van der Waals surface area contributed by atoms with Crippen molar-refractivity contribution in [1.82, 2.24) is 4.90 Å². The second kappa shape index (κ2) is 5.57. The average Bonchev–Trinajstić information content (AvgIpc) is 2.82. The number of carbonyl (C=O) groups excluding carboxylic acids is 1. The topological polar surface area (TPSA) is 23.6 Å². The van der Waals surface area contributed by atoms with Crippen LogP contribution >= 0.6 is 0 Å². The van der Waals surface area contributed by atoms with Crippen LogP contribution in [0.1, 0.15) is 38.7 Å². The Labute approximate surface area is 121 Å². The summed E-state index contributed by atoms with van der Waals surface area (Å²) in [4.78, 5) is 16.9. The van der Waals surface area contributed by atoms with Gasteiger partial charge in [0.05, 0.1) is 6.42 Å². The minimum absolute atomic E-state index is 0.285. The molecule has 3 rings (SSSR count). The van der Waals surface area contributed by atoms with Crippen molar-refractivity contribution in [3.05, 3.63) is 29.8 Å². The van der Waals surface area contributed by atoms with Gasteiger partial charge in [-0.25, -0.2) is 0 Å². The number of likely N-dealkylation sites (tertiary alicyclic amines) is 1. The van der Waals surface area contributed by atoms with E-state index in [1.165, 1.54) is 12.0 Å². The molecular weight excluding hydrogens is 248 g/mol. The molecule has 3 heteroatoms. The van der Waals surface area contributed by atoms with Gasteiger partial charge in [-0.3, -0.25) is 4.79 Å². The summed E-state index contributed by atoms with van der Waals surface area (Å²) in [7, 11) is 0. The van der Waals surface area contributed by atoms with Crippen LogP contribution in [0.4, 0.5) is 5.69 Å². The summed E-state index contributed by atoms with van der Waals surface area (Å²) in [6.07, 6.45) is 3.99. The Morgan fingerprint density at radius 1 is 1.25 bits per heavy atom. The zero-order valence-corrected chi connectivity index (χ0v) is 12.5. The molecule has 108 valence electrons. The predicted molar refractivity (Wildman–Crippen MR) is 82.0 cm³/mol. The van der Waals surface area contributed by atoms with E-state index in [0.717, 1.165) is 31.6 Å². The number of hydrogen-bond acceptors (Lipinski definition) is 2. The summed E-state index contributed by atoms with van der Waals surface area (Å²) in [6.45, 7) is 6.78. The van der Waals surface area contributed by atoms with Gasteiger partial charge in [0, 0.05) is 30.9 Å². The van der Waals surface area contributed by atoms with Gasteiger partial charge in [0.25, 0.3) is 0 Å². The number of rotatable bonds is 3. The van der Waals surface area contributed by atoms with Crippen LogP contribution in [0.15, 0.2) is 24.3 Å². The Bertz CT molecular complexity index is 492. The molecule has 1 aromatic rings. The number of nitrogens with zero attached hydrogens (tertiary/aromatic N) is 2. The molecule has 3 nitrogen and oxygen atoms in total. The molecule has 2 aliphatic heterocycles. The van der Waals surface area contributed by atoms with Gasteiger partial charge in [0.2, 0.25) is 5.91 Å². The second-order valence-corrected chi connectivity index (χ2v) is 6.09. The summed E-state index contributed by atoms with van der Waals surface area (Å²) >= 11 is 0. The summed E-state index contributed by atoms with van der Waals surface area (Å²) in [5.41, 5.74) is 2.35. The van der Waals surface area contributed by atoms with Crippen LogP contribution in [0.25, 0.3) is 0 Å². The number of fused-ring (bicyclic) bond motifs is 1. The van der Waals surface area contributed by atoms with Crippen molar-refractivity contribution in [3.63, 3.8) is 0 Å². The maximum Gasteiger partial charge on any atom is 0.231 e. The first-order chi connectivity index (χ1) is 9.70. The van der Waals surface area contributed by atoms with Gasteiger partial charge < -0.3 is 9.80 Å². The number of para-hydroxylation sites is 1. The van der Waals surface area contributed by atoms with E-state index in [1.807, 2.05) is 12.1 Å². The predicted octanol–water partition coefficient (Wildman–Crippen LogP) is 2.84. The maximum atomic E-state index is 12.3. The number of anilines is 1. The molecule has 1 aromatic carbocycles. The van der Waals surface area contributed by atoms with Crippen molar-refractivity contribution in [2.24, 2.45) is 0 Å². The van der Waals surface area contributed by atoms with Crippen LogP contribution in [-0.2, 0) is 11.2 Å². The van der Waals surface area contributed by atoms with Crippen LogP contribution in [-0.4, -0.2) is 36.0 Å². The van der Waals surface area contributed by atoms with Gasteiger partial charge in [0.15, 0.2) is 0 Å². The highest BCUT2D eigenvalue weighted by molar-refractivity contribution is 6.01. The first-order valence-electron chi connectivity index (χ1n) is 7.84. The molecule has 0 N–H and O–H groups in total. The normalized spacial score (nSPS) is 22.1. The molecule has 0 saturated carbocycles. The molecule has 0 spiro atoms. The highest BCUT2D eigenvalue weighted by Gasteiger charge is 2.34. The summed E-state index contributed by atoms with van der Waals surface area (Å²) in [6, 6.07) is 9.31. The fraction of sp³-hybridized carbons (Fsp3) is 0.588. The molecule has 0 bridgehead atoms. The van der Waals surface area contributed by atoms with E-state index >= 15 is 0 Å². The van der Waals surface area contributed by atoms with Crippen molar-refractivity contribution in [1.29, 1.82) is 0 Å². The minimum Gasteiger partial charge on any atom is -0.309 e. The first-order valence-corrected chi connectivity index (χ1v) is 7.84. The fourth-order valence-electron chi connectivity index (χ4n) is 3.52. The molecule has 2 aliphatic rings. The van der Waals surface area contributed by atoms with Crippen molar-refractivity contribution in [3.8, 4) is 0 Å². The third kappa shape index (κ3) is 2.35. The Hall–Kier alpha value is -1.35. The lowest BCUT2D eigenvalue weighted by Gasteiger charge is -2.39. The number of hydrogen-bond donors (Lipinski definition) is 0. The Balaban J connectivity index is 1.71. The van der Waals surface area contributed by atoms with Gasteiger partial charge in [0.1, 0.15) is 0 Å². The lowest BCUT2D eigenvalue weighted by Crippen LogP contribution is -2.48. The van der Waals surface area contributed by atoms with Gasteiger partial charge >= 0.3 is 0 Å².